The van der Waals surface area contributed by atoms with E-state index in [2.05, 4.69) is 20.7 Å². The summed E-state index contributed by atoms with van der Waals surface area (Å²) in [6, 6.07) is 4.75. The summed E-state index contributed by atoms with van der Waals surface area (Å²) >= 11 is 3.22. The van der Waals surface area contributed by atoms with Crippen LogP contribution in [-0.2, 0) is 10.0 Å². The third-order valence-electron chi connectivity index (χ3n) is 2.63. The number of nitrogens with one attached hydrogen (secondary N) is 1. The second kappa shape index (κ2) is 3.72. The van der Waals surface area contributed by atoms with Crippen LogP contribution in [-0.4, -0.2) is 14.0 Å². The molecule has 1 aliphatic carbocycles. The number of hydrogen-bond acceptors (Lipinski definition) is 3. The van der Waals surface area contributed by atoms with Gasteiger partial charge in [0.25, 0.3) is 0 Å². The zero-order chi connectivity index (χ0) is 12.0. The Morgan fingerprint density at radius 2 is 2.06 bits per heavy atom. The van der Waals surface area contributed by atoms with E-state index < -0.39 is 10.0 Å². The molecule has 1 aromatic carbocycles. The van der Waals surface area contributed by atoms with Gasteiger partial charge in [0.2, 0.25) is 10.0 Å². The molecule has 0 saturated heterocycles. The molecule has 2 rings (SSSR count). The monoisotopic (exact) mass is 304 g/mol. The van der Waals surface area contributed by atoms with Crippen LogP contribution in [0.3, 0.4) is 0 Å². The minimum Gasteiger partial charge on any atom is -0.399 e. The maximum absolute atomic E-state index is 12.1. The molecule has 88 valence electrons. The molecule has 0 radical (unpaired) electrons. The van der Waals surface area contributed by atoms with E-state index in [1.54, 1.807) is 12.1 Å². The van der Waals surface area contributed by atoms with Gasteiger partial charge in [-0.25, -0.2) is 13.1 Å². The Hall–Kier alpha value is -0.590. The largest absolute Gasteiger partial charge is 0.399 e. The minimum absolute atomic E-state index is 0.195. The van der Waals surface area contributed by atoms with E-state index >= 15 is 0 Å². The molecule has 1 saturated carbocycles. The summed E-state index contributed by atoms with van der Waals surface area (Å²) in [5.41, 5.74) is 5.75. The molecule has 0 spiro atoms. The molecule has 16 heavy (non-hydrogen) atoms. The number of nitrogen functional groups attached to an aromatic ring is 1. The van der Waals surface area contributed by atoms with Gasteiger partial charge < -0.3 is 5.73 Å². The Kier molecular flexibility index (Phi) is 2.76. The number of nitrogens with two attached hydrogens (primary N) is 1. The fraction of sp³-hybridized carbons (Fsp3) is 0.400. The van der Waals surface area contributed by atoms with E-state index in [1.807, 2.05) is 6.92 Å². The second-order valence-electron chi connectivity index (χ2n) is 4.36. The van der Waals surface area contributed by atoms with Crippen LogP contribution < -0.4 is 10.5 Å². The van der Waals surface area contributed by atoms with Crippen molar-refractivity contribution in [2.75, 3.05) is 5.73 Å². The third-order valence-corrected chi connectivity index (χ3v) is 5.26. The average Bonchev–Trinajstić information content (AvgIpc) is 2.86. The van der Waals surface area contributed by atoms with Gasteiger partial charge in [-0.1, -0.05) is 0 Å². The minimum atomic E-state index is -3.49. The van der Waals surface area contributed by atoms with E-state index in [-0.39, 0.29) is 10.4 Å². The number of anilines is 1. The highest BCUT2D eigenvalue weighted by atomic mass is 79.9. The number of hydrogen-bond donors (Lipinski definition) is 2. The number of rotatable bonds is 3. The molecular weight excluding hydrogens is 292 g/mol. The standard InChI is InChI=1S/C10H13BrN2O2S/c1-10(4-5-10)13-16(14,15)9-6-7(12)2-3-8(9)11/h2-3,6,13H,4-5,12H2,1H3. The van der Waals surface area contributed by atoms with Gasteiger partial charge >= 0.3 is 0 Å². The molecule has 3 N–H and O–H groups in total. The van der Waals surface area contributed by atoms with Crippen molar-refractivity contribution in [1.82, 2.24) is 4.72 Å². The Morgan fingerprint density at radius 3 is 2.62 bits per heavy atom. The normalized spacial score (nSPS) is 18.4. The van der Waals surface area contributed by atoms with Gasteiger partial charge in [-0.15, -0.1) is 0 Å². The fourth-order valence-corrected chi connectivity index (χ4v) is 3.86. The van der Waals surface area contributed by atoms with Gasteiger partial charge in [0.05, 0.1) is 4.90 Å². The molecule has 0 bridgehead atoms. The summed E-state index contributed by atoms with van der Waals surface area (Å²) in [4.78, 5) is 0.195. The van der Waals surface area contributed by atoms with Gasteiger partial charge in [0.15, 0.2) is 0 Å². The van der Waals surface area contributed by atoms with Crippen molar-refractivity contribution in [3.8, 4) is 0 Å². The average molecular weight is 305 g/mol. The Balaban J connectivity index is 2.38. The van der Waals surface area contributed by atoms with E-state index in [4.69, 9.17) is 5.73 Å². The SMILES string of the molecule is CC1(NS(=O)(=O)c2cc(N)ccc2Br)CC1. The molecule has 4 nitrogen and oxygen atoms in total. The van der Waals surface area contributed by atoms with Gasteiger partial charge in [0.1, 0.15) is 0 Å². The lowest BCUT2D eigenvalue weighted by Gasteiger charge is -2.13. The van der Waals surface area contributed by atoms with E-state index in [0.29, 0.717) is 10.2 Å². The van der Waals surface area contributed by atoms with Crippen molar-refractivity contribution < 1.29 is 8.42 Å². The number of benzene rings is 1. The lowest BCUT2D eigenvalue weighted by Crippen LogP contribution is -2.34. The fourth-order valence-electron chi connectivity index (χ4n) is 1.39. The molecule has 1 aliphatic rings. The molecular formula is C10H13BrN2O2S. The maximum atomic E-state index is 12.1. The topological polar surface area (TPSA) is 72.2 Å². The molecule has 0 aliphatic heterocycles. The lowest BCUT2D eigenvalue weighted by atomic mass is 10.3. The van der Waals surface area contributed by atoms with E-state index in [9.17, 15) is 8.42 Å². The van der Waals surface area contributed by atoms with Gasteiger partial charge in [-0.3, -0.25) is 0 Å². The number of sulfonamides is 1. The van der Waals surface area contributed by atoms with Crippen molar-refractivity contribution in [3.05, 3.63) is 22.7 Å². The van der Waals surface area contributed by atoms with Crippen LogP contribution >= 0.6 is 15.9 Å². The first-order valence-electron chi connectivity index (χ1n) is 4.91. The van der Waals surface area contributed by atoms with Crippen LogP contribution in [0, 0.1) is 0 Å². The first kappa shape index (κ1) is 11.9. The van der Waals surface area contributed by atoms with Crippen LogP contribution in [0.25, 0.3) is 0 Å². The summed E-state index contributed by atoms with van der Waals surface area (Å²) in [6.45, 7) is 1.89. The Bertz CT molecular complexity index is 524. The third kappa shape index (κ3) is 2.39. The zero-order valence-electron chi connectivity index (χ0n) is 8.83. The molecule has 1 aromatic rings. The van der Waals surface area contributed by atoms with Crippen molar-refractivity contribution in [3.63, 3.8) is 0 Å². The Morgan fingerprint density at radius 1 is 1.44 bits per heavy atom. The van der Waals surface area contributed by atoms with Gasteiger partial charge in [0, 0.05) is 15.7 Å². The highest BCUT2D eigenvalue weighted by Crippen LogP contribution is 2.36. The van der Waals surface area contributed by atoms with Crippen LogP contribution in [0.1, 0.15) is 19.8 Å². The first-order chi connectivity index (χ1) is 7.32. The molecule has 0 aromatic heterocycles. The molecule has 0 unspecified atom stereocenters. The van der Waals surface area contributed by atoms with Crippen molar-refractivity contribution >= 4 is 31.6 Å². The van der Waals surface area contributed by atoms with Crippen LogP contribution in [0.15, 0.2) is 27.6 Å². The second-order valence-corrected chi connectivity index (χ2v) is 6.86. The van der Waals surface area contributed by atoms with Gasteiger partial charge in [-0.2, -0.15) is 0 Å². The highest BCUT2D eigenvalue weighted by Gasteiger charge is 2.41. The predicted molar refractivity (Wildman–Crippen MR) is 66.5 cm³/mol. The van der Waals surface area contributed by atoms with E-state index in [1.165, 1.54) is 6.07 Å². The first-order valence-corrected chi connectivity index (χ1v) is 7.19. The smallest absolute Gasteiger partial charge is 0.242 e. The van der Waals surface area contributed by atoms with Crippen molar-refractivity contribution in [2.24, 2.45) is 0 Å². The highest BCUT2D eigenvalue weighted by molar-refractivity contribution is 9.10. The zero-order valence-corrected chi connectivity index (χ0v) is 11.2. The van der Waals surface area contributed by atoms with Crippen LogP contribution in [0.2, 0.25) is 0 Å². The van der Waals surface area contributed by atoms with Crippen molar-refractivity contribution in [2.45, 2.75) is 30.2 Å². The summed E-state index contributed by atoms with van der Waals surface area (Å²) in [6.07, 6.45) is 1.76. The maximum Gasteiger partial charge on any atom is 0.242 e. The van der Waals surface area contributed by atoms with Gasteiger partial charge in [-0.05, 0) is 53.9 Å². The molecule has 0 atom stereocenters. The lowest BCUT2D eigenvalue weighted by molar-refractivity contribution is 0.557. The van der Waals surface area contributed by atoms with Crippen molar-refractivity contribution in [1.29, 1.82) is 0 Å². The summed E-state index contributed by atoms with van der Waals surface area (Å²) in [7, 11) is -3.49. The molecule has 1 fully saturated rings. The quantitative estimate of drug-likeness (QED) is 0.837. The van der Waals surface area contributed by atoms with E-state index in [0.717, 1.165) is 12.8 Å². The Labute approximate surface area is 103 Å². The molecule has 0 heterocycles. The summed E-state index contributed by atoms with van der Waals surface area (Å²) in [5.74, 6) is 0. The predicted octanol–water partition coefficient (Wildman–Crippen LogP) is 1.86. The molecule has 6 heteroatoms. The molecule has 0 amide bonds. The summed E-state index contributed by atoms with van der Waals surface area (Å²) < 4.78 is 27.3. The van der Waals surface area contributed by atoms with Crippen LogP contribution in [0.5, 0.6) is 0 Å². The van der Waals surface area contributed by atoms with Crippen LogP contribution in [0.4, 0.5) is 5.69 Å². The summed E-state index contributed by atoms with van der Waals surface area (Å²) in [5, 5.41) is 0. The number of halogens is 1.